The van der Waals surface area contributed by atoms with Gasteiger partial charge in [-0.15, -0.1) is 0 Å². The van der Waals surface area contributed by atoms with Crippen LogP contribution in [0.3, 0.4) is 0 Å². The van der Waals surface area contributed by atoms with Gasteiger partial charge in [0.2, 0.25) is 0 Å². The molecule has 1 saturated carbocycles. The third-order valence-corrected chi connectivity index (χ3v) is 4.77. The molecule has 0 amide bonds. The van der Waals surface area contributed by atoms with Crippen LogP contribution in [0.15, 0.2) is 0 Å². The van der Waals surface area contributed by atoms with Gasteiger partial charge >= 0.3 is 0 Å². The Bertz CT molecular complexity index is 234. The van der Waals surface area contributed by atoms with Gasteiger partial charge in [0.05, 0.1) is 13.2 Å². The third-order valence-electron chi connectivity index (χ3n) is 4.77. The summed E-state index contributed by atoms with van der Waals surface area (Å²) in [5.41, 5.74) is 0.461. The lowest BCUT2D eigenvalue weighted by Gasteiger charge is -2.53. The maximum Gasteiger partial charge on any atom is 0.0651 e. The van der Waals surface area contributed by atoms with Gasteiger partial charge < -0.3 is 10.1 Å². The zero-order valence-corrected chi connectivity index (χ0v) is 10.2. The first kappa shape index (κ1) is 11.0. The van der Waals surface area contributed by atoms with E-state index in [1.807, 2.05) is 0 Å². The van der Waals surface area contributed by atoms with Crippen LogP contribution >= 0.6 is 0 Å². The number of piperidine rings is 1. The molecular weight excluding hydrogens is 200 g/mol. The Balaban J connectivity index is 1.58. The van der Waals surface area contributed by atoms with Crippen LogP contribution in [0.2, 0.25) is 0 Å². The molecule has 0 aromatic rings. The summed E-state index contributed by atoms with van der Waals surface area (Å²) in [5, 5.41) is 3.46. The van der Waals surface area contributed by atoms with Gasteiger partial charge in [0.25, 0.3) is 0 Å². The summed E-state index contributed by atoms with van der Waals surface area (Å²) in [7, 11) is 0. The second kappa shape index (κ2) is 4.63. The van der Waals surface area contributed by atoms with Crippen LogP contribution in [0.1, 0.15) is 32.1 Å². The molecule has 3 heteroatoms. The third kappa shape index (κ3) is 2.01. The second-order valence-electron chi connectivity index (χ2n) is 5.77. The number of hydrogen-bond donors (Lipinski definition) is 1. The Kier molecular flexibility index (Phi) is 3.18. The van der Waals surface area contributed by atoms with Crippen LogP contribution < -0.4 is 5.32 Å². The molecule has 3 rings (SSSR count). The van der Waals surface area contributed by atoms with E-state index in [0.717, 1.165) is 19.1 Å². The fourth-order valence-electron chi connectivity index (χ4n) is 3.47. The van der Waals surface area contributed by atoms with Gasteiger partial charge in [0.15, 0.2) is 0 Å². The lowest BCUT2D eigenvalue weighted by atomic mass is 9.74. The van der Waals surface area contributed by atoms with Crippen LogP contribution in [0, 0.1) is 5.92 Å². The van der Waals surface area contributed by atoms with E-state index in [2.05, 4.69) is 10.2 Å². The molecule has 16 heavy (non-hydrogen) atoms. The molecule has 0 atom stereocenters. The van der Waals surface area contributed by atoms with Crippen molar-refractivity contribution in [1.82, 2.24) is 10.2 Å². The molecule has 0 aromatic carbocycles. The lowest BCUT2D eigenvalue weighted by molar-refractivity contribution is -0.112. The van der Waals surface area contributed by atoms with E-state index in [0.29, 0.717) is 5.54 Å². The van der Waals surface area contributed by atoms with Crippen molar-refractivity contribution < 1.29 is 4.74 Å². The van der Waals surface area contributed by atoms with E-state index in [4.69, 9.17) is 4.74 Å². The summed E-state index contributed by atoms with van der Waals surface area (Å²) in [6.45, 7) is 6.89. The van der Waals surface area contributed by atoms with Crippen molar-refractivity contribution in [3.05, 3.63) is 0 Å². The average Bonchev–Trinajstić information content (AvgIpc) is 2.29. The molecule has 2 saturated heterocycles. The number of hydrogen-bond acceptors (Lipinski definition) is 3. The molecule has 3 nitrogen and oxygen atoms in total. The van der Waals surface area contributed by atoms with Crippen LogP contribution in [-0.4, -0.2) is 49.8 Å². The first-order valence-corrected chi connectivity index (χ1v) is 6.93. The molecule has 92 valence electrons. The van der Waals surface area contributed by atoms with Gasteiger partial charge in [-0.3, -0.25) is 4.90 Å². The monoisotopic (exact) mass is 224 g/mol. The minimum Gasteiger partial charge on any atom is -0.378 e. The van der Waals surface area contributed by atoms with Crippen molar-refractivity contribution in [3.8, 4) is 0 Å². The van der Waals surface area contributed by atoms with Gasteiger partial charge in [0.1, 0.15) is 0 Å². The molecule has 0 unspecified atom stereocenters. The smallest absolute Gasteiger partial charge is 0.0651 e. The summed E-state index contributed by atoms with van der Waals surface area (Å²) in [5.74, 6) is 0.928. The fraction of sp³-hybridized carbons (Fsp3) is 1.00. The Hall–Kier alpha value is -0.120. The van der Waals surface area contributed by atoms with Crippen molar-refractivity contribution in [2.45, 2.75) is 37.6 Å². The van der Waals surface area contributed by atoms with Crippen molar-refractivity contribution in [2.75, 3.05) is 39.4 Å². The van der Waals surface area contributed by atoms with Crippen molar-refractivity contribution in [3.63, 3.8) is 0 Å². The zero-order chi connectivity index (χ0) is 10.8. The highest BCUT2D eigenvalue weighted by Gasteiger charge is 2.44. The molecule has 2 heterocycles. The van der Waals surface area contributed by atoms with Gasteiger partial charge in [0, 0.05) is 18.6 Å². The fourth-order valence-corrected chi connectivity index (χ4v) is 3.47. The average molecular weight is 224 g/mol. The number of rotatable bonds is 2. The summed E-state index contributed by atoms with van der Waals surface area (Å²) in [6, 6.07) is 0. The van der Waals surface area contributed by atoms with E-state index in [9.17, 15) is 0 Å². The van der Waals surface area contributed by atoms with E-state index in [1.54, 1.807) is 0 Å². The van der Waals surface area contributed by atoms with Crippen LogP contribution in [0.25, 0.3) is 0 Å². The molecular formula is C13H24N2O. The van der Waals surface area contributed by atoms with Crippen LogP contribution in [0.4, 0.5) is 0 Å². The molecule has 1 N–H and O–H groups in total. The van der Waals surface area contributed by atoms with Gasteiger partial charge in [-0.25, -0.2) is 0 Å². The van der Waals surface area contributed by atoms with E-state index in [-0.39, 0.29) is 0 Å². The summed E-state index contributed by atoms with van der Waals surface area (Å²) >= 11 is 0. The number of nitrogens with one attached hydrogen (secondary N) is 1. The predicted molar refractivity (Wildman–Crippen MR) is 64.6 cm³/mol. The highest BCUT2D eigenvalue weighted by atomic mass is 16.5. The first-order valence-electron chi connectivity index (χ1n) is 6.93. The highest BCUT2D eigenvalue weighted by molar-refractivity contribution is 5.00. The molecule has 0 bridgehead atoms. The highest BCUT2D eigenvalue weighted by Crippen LogP contribution is 2.40. The topological polar surface area (TPSA) is 24.5 Å². The van der Waals surface area contributed by atoms with Crippen LogP contribution in [0.5, 0.6) is 0 Å². The van der Waals surface area contributed by atoms with Gasteiger partial charge in [-0.2, -0.15) is 0 Å². The van der Waals surface area contributed by atoms with E-state index < -0.39 is 0 Å². The van der Waals surface area contributed by atoms with Crippen molar-refractivity contribution >= 4 is 0 Å². The number of morpholine rings is 1. The summed E-state index contributed by atoms with van der Waals surface area (Å²) in [6.07, 6.45) is 6.89. The largest absolute Gasteiger partial charge is 0.378 e. The second-order valence-corrected chi connectivity index (χ2v) is 5.77. The SMILES string of the molecule is C1CC2(C1)COCCN2CC1CCNCC1. The normalized spacial score (nSPS) is 31.5. The first-order chi connectivity index (χ1) is 7.89. The van der Waals surface area contributed by atoms with E-state index >= 15 is 0 Å². The predicted octanol–water partition coefficient (Wildman–Crippen LogP) is 1.24. The zero-order valence-electron chi connectivity index (χ0n) is 10.2. The Morgan fingerprint density at radius 2 is 2.06 bits per heavy atom. The maximum absolute atomic E-state index is 5.69. The minimum absolute atomic E-state index is 0.461. The maximum atomic E-state index is 5.69. The Morgan fingerprint density at radius 3 is 2.75 bits per heavy atom. The Labute approximate surface area is 98.5 Å². The molecule has 3 fully saturated rings. The van der Waals surface area contributed by atoms with Crippen LogP contribution in [-0.2, 0) is 4.74 Å². The molecule has 1 aliphatic carbocycles. The van der Waals surface area contributed by atoms with Crippen molar-refractivity contribution in [1.29, 1.82) is 0 Å². The summed E-state index contributed by atoms with van der Waals surface area (Å²) < 4.78 is 5.69. The van der Waals surface area contributed by atoms with E-state index in [1.165, 1.54) is 58.3 Å². The van der Waals surface area contributed by atoms with Crippen molar-refractivity contribution in [2.24, 2.45) is 5.92 Å². The quantitative estimate of drug-likeness (QED) is 0.764. The molecule has 1 spiro atoms. The minimum atomic E-state index is 0.461. The molecule has 2 aliphatic heterocycles. The molecule has 0 aromatic heterocycles. The molecule has 0 radical (unpaired) electrons. The number of ether oxygens (including phenoxy) is 1. The lowest BCUT2D eigenvalue weighted by Crippen LogP contribution is -2.62. The summed E-state index contributed by atoms with van der Waals surface area (Å²) in [4.78, 5) is 2.76. The van der Waals surface area contributed by atoms with Gasteiger partial charge in [-0.1, -0.05) is 0 Å². The molecule has 3 aliphatic rings. The standard InChI is InChI=1S/C13H24N2O/c1-4-13(5-1)11-16-9-8-15(13)10-12-2-6-14-7-3-12/h12,14H,1-11H2. The number of nitrogens with zero attached hydrogens (tertiary/aromatic N) is 1. The van der Waals surface area contributed by atoms with Gasteiger partial charge in [-0.05, 0) is 51.1 Å². The Morgan fingerprint density at radius 1 is 1.25 bits per heavy atom.